The third-order valence-corrected chi connectivity index (χ3v) is 5.21. The molecular weight excluding hydrogens is 276 g/mol. The van der Waals surface area contributed by atoms with Crippen LogP contribution in [0, 0.1) is 12.3 Å². The van der Waals surface area contributed by atoms with Gasteiger partial charge in [0.1, 0.15) is 5.41 Å². The van der Waals surface area contributed by atoms with E-state index in [1.807, 2.05) is 17.7 Å². The maximum absolute atomic E-state index is 12.7. The van der Waals surface area contributed by atoms with E-state index in [1.54, 1.807) is 11.3 Å². The summed E-state index contributed by atoms with van der Waals surface area (Å²) in [5.74, 6) is -0.738. The van der Waals surface area contributed by atoms with Gasteiger partial charge in [-0.2, -0.15) is 11.3 Å². The number of carbonyl (C=O) groups is 3. The average Bonchev–Trinajstić information content (AvgIpc) is 3.03. The molecule has 2 fully saturated rings. The third kappa shape index (κ3) is 1.86. The summed E-state index contributed by atoms with van der Waals surface area (Å²) >= 11 is 1.54. The lowest BCUT2D eigenvalue weighted by molar-refractivity contribution is -0.151. The van der Waals surface area contributed by atoms with Crippen molar-refractivity contribution >= 4 is 29.2 Å². The zero-order valence-electron chi connectivity index (χ0n) is 11.3. The summed E-state index contributed by atoms with van der Waals surface area (Å²) in [4.78, 5) is 37.9. The van der Waals surface area contributed by atoms with Gasteiger partial charge in [-0.25, -0.2) is 4.79 Å². The summed E-state index contributed by atoms with van der Waals surface area (Å²) in [6.07, 6.45) is 2.81. The molecule has 106 valence electrons. The standard InChI is InChI=1S/C14H16N2O3S/c1-9-7-20-8-10(9)6-16-12(18)14(4-2-3-5-14)11(17)15-13(16)19/h7-8H,2-6H2,1H3,(H,15,17,19). The number of urea groups is 1. The molecule has 0 atom stereocenters. The molecule has 2 heterocycles. The van der Waals surface area contributed by atoms with Crippen molar-refractivity contribution in [3.63, 3.8) is 0 Å². The van der Waals surface area contributed by atoms with Crippen molar-refractivity contribution in [3.05, 3.63) is 21.9 Å². The number of nitrogens with one attached hydrogen (secondary N) is 1. The minimum Gasteiger partial charge on any atom is -0.277 e. The Bertz CT molecular complexity index is 587. The highest BCUT2D eigenvalue weighted by Crippen LogP contribution is 2.42. The summed E-state index contributed by atoms with van der Waals surface area (Å²) in [6, 6.07) is -0.594. The second-order valence-electron chi connectivity index (χ2n) is 5.52. The van der Waals surface area contributed by atoms with Gasteiger partial charge in [-0.15, -0.1) is 0 Å². The first-order valence-electron chi connectivity index (χ1n) is 6.74. The fraction of sp³-hybridized carbons (Fsp3) is 0.500. The number of imide groups is 2. The lowest BCUT2D eigenvalue weighted by atomic mass is 9.82. The van der Waals surface area contributed by atoms with Gasteiger partial charge in [0.15, 0.2) is 0 Å². The number of amides is 4. The third-order valence-electron chi connectivity index (χ3n) is 4.30. The van der Waals surface area contributed by atoms with E-state index >= 15 is 0 Å². The van der Waals surface area contributed by atoms with Crippen LogP contribution in [-0.4, -0.2) is 22.7 Å². The van der Waals surface area contributed by atoms with Crippen molar-refractivity contribution < 1.29 is 14.4 Å². The van der Waals surface area contributed by atoms with E-state index in [0.29, 0.717) is 12.8 Å². The number of barbiturate groups is 1. The minimum absolute atomic E-state index is 0.245. The van der Waals surface area contributed by atoms with Crippen LogP contribution < -0.4 is 5.32 Å². The molecule has 1 saturated carbocycles. The molecule has 0 bridgehead atoms. The van der Waals surface area contributed by atoms with Crippen molar-refractivity contribution in [2.45, 2.75) is 39.2 Å². The quantitative estimate of drug-likeness (QED) is 0.850. The van der Waals surface area contributed by atoms with E-state index in [-0.39, 0.29) is 12.5 Å². The molecule has 0 aromatic carbocycles. The first-order valence-corrected chi connectivity index (χ1v) is 7.68. The minimum atomic E-state index is -1.00. The Labute approximate surface area is 121 Å². The maximum Gasteiger partial charge on any atom is 0.331 e. The molecule has 4 amide bonds. The van der Waals surface area contributed by atoms with E-state index in [1.165, 1.54) is 4.90 Å². The Kier molecular flexibility index (Phi) is 3.12. The average molecular weight is 292 g/mol. The van der Waals surface area contributed by atoms with Crippen molar-refractivity contribution in [2.75, 3.05) is 0 Å². The summed E-state index contributed by atoms with van der Waals surface area (Å²) in [5.41, 5.74) is 1.02. The molecule has 1 N–H and O–H groups in total. The Balaban J connectivity index is 1.90. The predicted molar refractivity (Wildman–Crippen MR) is 74.0 cm³/mol. The van der Waals surface area contributed by atoms with Gasteiger partial charge in [0, 0.05) is 0 Å². The summed E-state index contributed by atoms with van der Waals surface area (Å²) < 4.78 is 0. The van der Waals surface area contributed by atoms with Crippen LogP contribution in [0.4, 0.5) is 4.79 Å². The van der Waals surface area contributed by atoms with Gasteiger partial charge in [-0.3, -0.25) is 19.8 Å². The number of nitrogens with zero attached hydrogens (tertiary/aromatic N) is 1. The molecule has 20 heavy (non-hydrogen) atoms. The van der Waals surface area contributed by atoms with Gasteiger partial charge in [0.05, 0.1) is 6.54 Å². The molecular formula is C14H16N2O3S. The van der Waals surface area contributed by atoms with E-state index in [0.717, 1.165) is 24.0 Å². The molecule has 1 aromatic heterocycles. The van der Waals surface area contributed by atoms with Gasteiger partial charge in [-0.05, 0) is 41.7 Å². The smallest absolute Gasteiger partial charge is 0.277 e. The van der Waals surface area contributed by atoms with Gasteiger partial charge >= 0.3 is 6.03 Å². The number of rotatable bonds is 2. The highest BCUT2D eigenvalue weighted by Gasteiger charge is 2.54. The molecule has 5 nitrogen and oxygen atoms in total. The van der Waals surface area contributed by atoms with E-state index in [4.69, 9.17) is 0 Å². The Morgan fingerprint density at radius 2 is 1.95 bits per heavy atom. The highest BCUT2D eigenvalue weighted by atomic mass is 32.1. The second-order valence-corrected chi connectivity index (χ2v) is 6.26. The van der Waals surface area contributed by atoms with Crippen LogP contribution in [0.2, 0.25) is 0 Å². The first kappa shape index (κ1) is 13.3. The zero-order chi connectivity index (χ0) is 14.3. The Hall–Kier alpha value is -1.69. The van der Waals surface area contributed by atoms with Crippen LogP contribution in [0.5, 0.6) is 0 Å². The van der Waals surface area contributed by atoms with Gasteiger partial charge in [0.25, 0.3) is 0 Å². The Morgan fingerprint density at radius 1 is 1.25 bits per heavy atom. The van der Waals surface area contributed by atoms with Crippen LogP contribution in [0.1, 0.15) is 36.8 Å². The fourth-order valence-electron chi connectivity index (χ4n) is 3.01. The molecule has 2 aliphatic rings. The SMILES string of the molecule is Cc1cscc1CN1C(=O)NC(=O)C2(CCCC2)C1=O. The topological polar surface area (TPSA) is 66.5 Å². The Morgan fingerprint density at radius 3 is 2.55 bits per heavy atom. The monoisotopic (exact) mass is 292 g/mol. The lowest BCUT2D eigenvalue weighted by Gasteiger charge is -2.36. The molecule has 1 aromatic rings. The van der Waals surface area contributed by atoms with Crippen molar-refractivity contribution in [1.29, 1.82) is 0 Å². The molecule has 1 aliphatic carbocycles. The molecule has 0 radical (unpaired) electrons. The van der Waals surface area contributed by atoms with Crippen molar-refractivity contribution in [3.8, 4) is 0 Å². The van der Waals surface area contributed by atoms with Crippen LogP contribution in [0.25, 0.3) is 0 Å². The molecule has 1 spiro atoms. The molecule has 1 saturated heterocycles. The van der Waals surface area contributed by atoms with Crippen LogP contribution in [0.3, 0.4) is 0 Å². The number of carbonyl (C=O) groups excluding carboxylic acids is 3. The maximum atomic E-state index is 12.7. The molecule has 6 heteroatoms. The zero-order valence-corrected chi connectivity index (χ0v) is 12.1. The van der Waals surface area contributed by atoms with E-state index < -0.39 is 17.4 Å². The lowest BCUT2D eigenvalue weighted by Crippen LogP contribution is -2.62. The molecule has 1 aliphatic heterocycles. The van der Waals surface area contributed by atoms with Gasteiger partial charge in [0.2, 0.25) is 11.8 Å². The summed E-state index contributed by atoms with van der Waals surface area (Å²) in [7, 11) is 0. The molecule has 3 rings (SSSR count). The van der Waals surface area contributed by atoms with Crippen LogP contribution in [-0.2, 0) is 16.1 Å². The molecule has 0 unspecified atom stereocenters. The normalized spacial score (nSPS) is 21.6. The van der Waals surface area contributed by atoms with Crippen LogP contribution in [0.15, 0.2) is 10.8 Å². The fourth-order valence-corrected chi connectivity index (χ4v) is 3.86. The van der Waals surface area contributed by atoms with E-state index in [9.17, 15) is 14.4 Å². The summed E-state index contributed by atoms with van der Waals surface area (Å²) in [5, 5.41) is 6.28. The predicted octanol–water partition coefficient (Wildman–Crippen LogP) is 2.20. The van der Waals surface area contributed by atoms with Crippen LogP contribution >= 0.6 is 11.3 Å². The van der Waals surface area contributed by atoms with Crippen molar-refractivity contribution in [2.24, 2.45) is 5.41 Å². The number of thiophene rings is 1. The number of hydrogen-bond acceptors (Lipinski definition) is 4. The van der Waals surface area contributed by atoms with Gasteiger partial charge < -0.3 is 0 Å². The van der Waals surface area contributed by atoms with Crippen molar-refractivity contribution in [1.82, 2.24) is 10.2 Å². The largest absolute Gasteiger partial charge is 0.331 e. The number of aryl methyl sites for hydroxylation is 1. The second kappa shape index (κ2) is 4.70. The summed E-state index contributed by atoms with van der Waals surface area (Å²) in [6.45, 7) is 2.20. The van der Waals surface area contributed by atoms with Gasteiger partial charge in [-0.1, -0.05) is 12.8 Å². The highest BCUT2D eigenvalue weighted by molar-refractivity contribution is 7.08. The number of hydrogen-bond donors (Lipinski definition) is 1. The first-order chi connectivity index (χ1) is 9.54. The van der Waals surface area contributed by atoms with E-state index in [2.05, 4.69) is 5.32 Å².